The van der Waals surface area contributed by atoms with Crippen LogP contribution in [-0.4, -0.2) is 31.9 Å². The fraction of sp³-hybridized carbons (Fsp3) is 0.579. The summed E-state index contributed by atoms with van der Waals surface area (Å²) in [6.07, 6.45) is 8.02. The van der Waals surface area contributed by atoms with Gasteiger partial charge in [-0.2, -0.15) is 5.10 Å². The Kier molecular flexibility index (Phi) is 4.49. The van der Waals surface area contributed by atoms with Crippen LogP contribution >= 0.6 is 0 Å². The second-order valence-electron chi connectivity index (χ2n) is 8.30. The van der Waals surface area contributed by atoms with Gasteiger partial charge < -0.3 is 10.6 Å². The lowest BCUT2D eigenvalue weighted by atomic mass is 9.79. The first kappa shape index (κ1) is 17.1. The Bertz CT molecular complexity index is 671. The molecule has 0 spiro atoms. The number of aryl methyl sites for hydroxylation is 1. The molecule has 0 aromatic carbocycles. The van der Waals surface area contributed by atoms with Crippen molar-refractivity contribution in [2.45, 2.75) is 64.2 Å². The highest BCUT2D eigenvalue weighted by Gasteiger charge is 2.37. The summed E-state index contributed by atoms with van der Waals surface area (Å²) in [5.41, 5.74) is 3.62. The van der Waals surface area contributed by atoms with Gasteiger partial charge in [-0.05, 0) is 52.7 Å². The molecule has 2 aromatic rings. The minimum absolute atomic E-state index is 0.153. The first-order valence-corrected chi connectivity index (χ1v) is 8.70. The summed E-state index contributed by atoms with van der Waals surface area (Å²) < 4.78 is 1.88. The largest absolute Gasteiger partial charge is 0.310 e. The van der Waals surface area contributed by atoms with E-state index < -0.39 is 0 Å². The van der Waals surface area contributed by atoms with Crippen molar-refractivity contribution in [1.29, 1.82) is 0 Å². The van der Waals surface area contributed by atoms with E-state index >= 15 is 0 Å². The normalized spacial score (nSPS) is 20.2. The van der Waals surface area contributed by atoms with Crippen LogP contribution in [0.2, 0.25) is 0 Å². The monoisotopic (exact) mass is 327 g/mol. The maximum absolute atomic E-state index is 4.63. The van der Waals surface area contributed by atoms with Gasteiger partial charge >= 0.3 is 0 Å². The Balaban J connectivity index is 1.74. The first-order valence-electron chi connectivity index (χ1n) is 8.70. The predicted octanol–water partition coefficient (Wildman–Crippen LogP) is 2.88. The van der Waals surface area contributed by atoms with E-state index in [1.54, 1.807) is 6.20 Å². The first-order chi connectivity index (χ1) is 11.2. The highest BCUT2D eigenvalue weighted by atomic mass is 15.3. The van der Waals surface area contributed by atoms with E-state index in [2.05, 4.69) is 60.7 Å². The molecule has 0 saturated carbocycles. The lowest BCUT2D eigenvalue weighted by Crippen LogP contribution is -2.61. The topological polar surface area (TPSA) is 54.8 Å². The number of nitrogens with zero attached hydrogens (tertiary/aromatic N) is 3. The van der Waals surface area contributed by atoms with Gasteiger partial charge in [0.25, 0.3) is 0 Å². The fourth-order valence-corrected chi connectivity index (χ4v) is 4.13. The molecule has 3 heterocycles. The Morgan fingerprint density at radius 3 is 2.58 bits per heavy atom. The van der Waals surface area contributed by atoms with Crippen LogP contribution in [0.15, 0.2) is 30.7 Å². The van der Waals surface area contributed by atoms with E-state index in [1.165, 1.54) is 5.56 Å². The minimum atomic E-state index is 0.153. The molecule has 1 fully saturated rings. The van der Waals surface area contributed by atoms with Crippen molar-refractivity contribution in [3.05, 3.63) is 36.3 Å². The van der Waals surface area contributed by atoms with Gasteiger partial charge in [0.05, 0.1) is 5.69 Å². The van der Waals surface area contributed by atoms with E-state index in [1.807, 2.05) is 24.0 Å². The van der Waals surface area contributed by atoms with Crippen LogP contribution in [-0.2, 0) is 13.6 Å². The Morgan fingerprint density at radius 2 is 1.96 bits per heavy atom. The molecule has 0 amide bonds. The third-order valence-corrected chi connectivity index (χ3v) is 4.61. The second-order valence-corrected chi connectivity index (χ2v) is 8.30. The van der Waals surface area contributed by atoms with Crippen molar-refractivity contribution in [3.8, 4) is 11.3 Å². The minimum Gasteiger partial charge on any atom is -0.310 e. The Hall–Kier alpha value is -1.72. The van der Waals surface area contributed by atoms with Crippen molar-refractivity contribution in [2.75, 3.05) is 0 Å². The number of aromatic nitrogens is 3. The summed E-state index contributed by atoms with van der Waals surface area (Å²) in [4.78, 5) is 4.22. The standard InChI is InChI=1S/C19H29N5/c1-18(2)9-16(10-19(3,4)23-18)21-12-15-13-24(5)22-17(15)14-7-6-8-20-11-14/h6-8,11,13,16,21,23H,9-10,12H2,1-5H3. The summed E-state index contributed by atoms with van der Waals surface area (Å²) in [7, 11) is 1.97. The number of hydrogen-bond donors (Lipinski definition) is 2. The van der Waals surface area contributed by atoms with Crippen LogP contribution in [0.25, 0.3) is 11.3 Å². The molecule has 2 N–H and O–H groups in total. The molecular weight excluding hydrogens is 298 g/mol. The van der Waals surface area contributed by atoms with Crippen molar-refractivity contribution < 1.29 is 0 Å². The summed E-state index contributed by atoms with van der Waals surface area (Å²) in [6, 6.07) is 4.52. The van der Waals surface area contributed by atoms with E-state index in [0.29, 0.717) is 6.04 Å². The van der Waals surface area contributed by atoms with Gasteiger partial charge in [0.1, 0.15) is 0 Å². The van der Waals surface area contributed by atoms with E-state index in [-0.39, 0.29) is 11.1 Å². The average molecular weight is 327 g/mol. The molecule has 5 heteroatoms. The molecule has 24 heavy (non-hydrogen) atoms. The molecule has 1 saturated heterocycles. The average Bonchev–Trinajstić information content (AvgIpc) is 2.84. The Morgan fingerprint density at radius 1 is 1.25 bits per heavy atom. The molecule has 0 radical (unpaired) electrons. The van der Waals surface area contributed by atoms with Crippen LogP contribution < -0.4 is 10.6 Å². The van der Waals surface area contributed by atoms with E-state index in [4.69, 9.17) is 0 Å². The smallest absolute Gasteiger partial charge is 0.0983 e. The molecule has 5 nitrogen and oxygen atoms in total. The predicted molar refractivity (Wildman–Crippen MR) is 97.6 cm³/mol. The van der Waals surface area contributed by atoms with Gasteiger partial charge in [0.15, 0.2) is 0 Å². The quantitative estimate of drug-likeness (QED) is 0.907. The van der Waals surface area contributed by atoms with Crippen molar-refractivity contribution in [1.82, 2.24) is 25.4 Å². The summed E-state index contributed by atoms with van der Waals surface area (Å²) in [5.74, 6) is 0. The Labute approximate surface area is 144 Å². The molecule has 3 rings (SSSR count). The number of rotatable bonds is 4. The third kappa shape index (κ3) is 4.02. The fourth-order valence-electron chi connectivity index (χ4n) is 4.13. The molecule has 0 atom stereocenters. The maximum atomic E-state index is 4.63. The van der Waals surface area contributed by atoms with Crippen LogP contribution in [0, 0.1) is 0 Å². The van der Waals surface area contributed by atoms with Gasteiger partial charge in [0, 0.05) is 60.4 Å². The lowest BCUT2D eigenvalue weighted by molar-refractivity contribution is 0.145. The van der Waals surface area contributed by atoms with E-state index in [9.17, 15) is 0 Å². The third-order valence-electron chi connectivity index (χ3n) is 4.61. The van der Waals surface area contributed by atoms with E-state index in [0.717, 1.165) is 30.6 Å². The molecule has 2 aromatic heterocycles. The van der Waals surface area contributed by atoms with Gasteiger partial charge in [-0.1, -0.05) is 0 Å². The van der Waals surface area contributed by atoms with Gasteiger partial charge in [-0.15, -0.1) is 0 Å². The summed E-state index contributed by atoms with van der Waals surface area (Å²) in [5, 5.41) is 12.1. The van der Waals surface area contributed by atoms with Crippen molar-refractivity contribution in [2.24, 2.45) is 7.05 Å². The molecule has 0 unspecified atom stereocenters. The lowest BCUT2D eigenvalue weighted by Gasteiger charge is -2.46. The number of pyridine rings is 1. The summed E-state index contributed by atoms with van der Waals surface area (Å²) in [6.45, 7) is 9.97. The molecule has 1 aliphatic heterocycles. The SMILES string of the molecule is Cn1cc(CNC2CC(C)(C)NC(C)(C)C2)c(-c2cccnc2)n1. The van der Waals surface area contributed by atoms with Crippen LogP contribution in [0.4, 0.5) is 0 Å². The summed E-state index contributed by atoms with van der Waals surface area (Å²) >= 11 is 0. The molecular formula is C19H29N5. The second kappa shape index (κ2) is 6.30. The zero-order valence-electron chi connectivity index (χ0n) is 15.4. The van der Waals surface area contributed by atoms with Crippen molar-refractivity contribution >= 4 is 0 Å². The zero-order chi connectivity index (χ0) is 17.4. The van der Waals surface area contributed by atoms with Crippen LogP contribution in [0.3, 0.4) is 0 Å². The van der Waals surface area contributed by atoms with Crippen LogP contribution in [0.1, 0.15) is 46.1 Å². The zero-order valence-corrected chi connectivity index (χ0v) is 15.4. The number of piperidine rings is 1. The molecule has 0 bridgehead atoms. The number of nitrogens with one attached hydrogen (secondary N) is 2. The van der Waals surface area contributed by atoms with Crippen molar-refractivity contribution in [3.63, 3.8) is 0 Å². The highest BCUT2D eigenvalue weighted by molar-refractivity contribution is 5.61. The van der Waals surface area contributed by atoms with Gasteiger partial charge in [-0.3, -0.25) is 9.67 Å². The molecule has 130 valence electrons. The van der Waals surface area contributed by atoms with Gasteiger partial charge in [0.2, 0.25) is 0 Å². The maximum Gasteiger partial charge on any atom is 0.0983 e. The van der Waals surface area contributed by atoms with Gasteiger partial charge in [-0.25, -0.2) is 0 Å². The highest BCUT2D eigenvalue weighted by Crippen LogP contribution is 2.29. The molecule has 0 aliphatic carbocycles. The van der Waals surface area contributed by atoms with Crippen LogP contribution in [0.5, 0.6) is 0 Å². The molecule has 1 aliphatic rings. The number of hydrogen-bond acceptors (Lipinski definition) is 4.